The molecule has 4 aliphatic carbocycles. The second-order valence-corrected chi connectivity index (χ2v) is 9.60. The van der Waals surface area contributed by atoms with E-state index in [1.54, 1.807) is 0 Å². The molecule has 23 heavy (non-hydrogen) atoms. The number of rotatable bonds is 5. The van der Waals surface area contributed by atoms with Crippen LogP contribution in [0.3, 0.4) is 0 Å². The van der Waals surface area contributed by atoms with E-state index < -0.39 is 0 Å². The summed E-state index contributed by atoms with van der Waals surface area (Å²) >= 11 is 1.95. The normalized spacial score (nSPS) is 41.0. The topological polar surface area (TPSA) is 41.1 Å². The molecule has 1 amide bonds. The van der Waals surface area contributed by atoms with Gasteiger partial charge >= 0.3 is 0 Å². The van der Waals surface area contributed by atoms with E-state index in [4.69, 9.17) is 0 Å². The smallest absolute Gasteiger partial charge is 0.226 e. The molecular formula is C19H24N2OS. The summed E-state index contributed by atoms with van der Waals surface area (Å²) in [6.07, 6.45) is 5.73. The van der Waals surface area contributed by atoms with Crippen molar-refractivity contribution < 1.29 is 4.79 Å². The van der Waals surface area contributed by atoms with E-state index in [0.29, 0.717) is 22.6 Å². The lowest BCUT2D eigenvalue weighted by atomic mass is 9.31. The van der Waals surface area contributed by atoms with Gasteiger partial charge in [-0.2, -0.15) is 0 Å². The van der Waals surface area contributed by atoms with Crippen LogP contribution in [0.1, 0.15) is 32.1 Å². The predicted molar refractivity (Wildman–Crippen MR) is 92.3 cm³/mol. The first-order valence-electron chi connectivity index (χ1n) is 8.91. The van der Waals surface area contributed by atoms with E-state index in [1.165, 1.54) is 18.0 Å². The van der Waals surface area contributed by atoms with E-state index in [2.05, 4.69) is 41.0 Å². The van der Waals surface area contributed by atoms with E-state index in [0.717, 1.165) is 38.0 Å². The van der Waals surface area contributed by atoms with E-state index in [-0.39, 0.29) is 5.41 Å². The maximum atomic E-state index is 12.6. The molecule has 5 fully saturated rings. The second-order valence-electron chi connectivity index (χ2n) is 8.22. The van der Waals surface area contributed by atoms with Crippen LogP contribution in [0.5, 0.6) is 0 Å². The summed E-state index contributed by atoms with van der Waals surface area (Å²) in [4.78, 5) is 13.9. The molecule has 0 radical (unpaired) electrons. The van der Waals surface area contributed by atoms with Crippen LogP contribution in [-0.2, 0) is 4.79 Å². The summed E-state index contributed by atoms with van der Waals surface area (Å²) < 4.78 is 0. The molecule has 4 saturated carbocycles. The zero-order chi connectivity index (χ0) is 15.5. The number of hydrogen-bond donors (Lipinski definition) is 2. The van der Waals surface area contributed by atoms with Crippen LogP contribution in [0, 0.1) is 16.7 Å². The molecule has 5 aliphatic rings. The molecule has 0 unspecified atom stereocenters. The molecule has 2 bridgehead atoms. The molecular weight excluding hydrogens is 304 g/mol. The number of thioether (sulfide) groups is 1. The van der Waals surface area contributed by atoms with Gasteiger partial charge in [0, 0.05) is 16.2 Å². The van der Waals surface area contributed by atoms with Crippen molar-refractivity contribution in [2.45, 2.75) is 48.3 Å². The predicted octanol–water partition coefficient (Wildman–Crippen LogP) is 2.82. The lowest BCUT2D eigenvalue weighted by Gasteiger charge is -2.73. The highest BCUT2D eigenvalue weighted by atomic mass is 32.2. The van der Waals surface area contributed by atoms with Crippen LogP contribution < -0.4 is 10.6 Å². The molecule has 122 valence electrons. The van der Waals surface area contributed by atoms with Gasteiger partial charge in [0.1, 0.15) is 0 Å². The first kappa shape index (κ1) is 14.4. The molecule has 0 atom stereocenters. The van der Waals surface area contributed by atoms with Gasteiger partial charge in [0.05, 0.1) is 5.41 Å². The Kier molecular flexibility index (Phi) is 3.12. The SMILES string of the molecule is O=C(NC1CC(Sc2ccccc2)C1)C12CC(C3CNC3)(C1)C2. The minimum atomic E-state index is 0.0350. The summed E-state index contributed by atoms with van der Waals surface area (Å²) in [6, 6.07) is 11.0. The standard InChI is InChI=1S/C19H24N2OS/c22-17(19-10-18(11-19,12-19)13-8-20-9-13)21-14-6-16(7-14)23-15-4-2-1-3-5-15/h1-5,13-14,16,20H,6-12H2,(H,21,22). The second kappa shape index (κ2) is 5.00. The van der Waals surface area contributed by atoms with Crippen molar-refractivity contribution in [3.63, 3.8) is 0 Å². The molecule has 1 aliphatic heterocycles. The molecule has 0 aromatic heterocycles. The van der Waals surface area contributed by atoms with Crippen LogP contribution in [0.2, 0.25) is 0 Å². The van der Waals surface area contributed by atoms with Gasteiger partial charge in [-0.05, 0) is 68.7 Å². The third kappa shape index (κ3) is 2.18. The van der Waals surface area contributed by atoms with Crippen molar-refractivity contribution in [2.24, 2.45) is 16.7 Å². The minimum Gasteiger partial charge on any atom is -0.353 e. The van der Waals surface area contributed by atoms with Crippen molar-refractivity contribution in [1.29, 1.82) is 0 Å². The van der Waals surface area contributed by atoms with Crippen molar-refractivity contribution in [3.05, 3.63) is 30.3 Å². The summed E-state index contributed by atoms with van der Waals surface area (Å²) in [5.41, 5.74) is 0.584. The number of amides is 1. The fourth-order valence-electron chi connectivity index (χ4n) is 5.07. The molecule has 1 heterocycles. The molecule has 1 aromatic carbocycles. The van der Waals surface area contributed by atoms with Gasteiger partial charge in [-0.1, -0.05) is 18.2 Å². The lowest BCUT2D eigenvalue weighted by Crippen LogP contribution is -2.74. The monoisotopic (exact) mass is 328 g/mol. The number of hydrogen-bond acceptors (Lipinski definition) is 3. The third-order valence-electron chi connectivity index (χ3n) is 6.68. The molecule has 1 saturated heterocycles. The Morgan fingerprint density at radius 1 is 1.13 bits per heavy atom. The Bertz CT molecular complexity index is 602. The average Bonchev–Trinajstić information content (AvgIpc) is 2.37. The van der Waals surface area contributed by atoms with Gasteiger partial charge in [0.25, 0.3) is 0 Å². The Morgan fingerprint density at radius 2 is 1.83 bits per heavy atom. The third-order valence-corrected chi connectivity index (χ3v) is 7.94. The summed E-state index contributed by atoms with van der Waals surface area (Å²) in [5, 5.41) is 7.38. The maximum absolute atomic E-state index is 12.6. The van der Waals surface area contributed by atoms with Crippen molar-refractivity contribution in [3.8, 4) is 0 Å². The van der Waals surface area contributed by atoms with Crippen molar-refractivity contribution in [1.82, 2.24) is 10.6 Å². The quantitative estimate of drug-likeness (QED) is 0.873. The van der Waals surface area contributed by atoms with Crippen LogP contribution in [0.15, 0.2) is 35.2 Å². The molecule has 1 aromatic rings. The minimum absolute atomic E-state index is 0.0350. The molecule has 4 heteroatoms. The highest BCUT2D eigenvalue weighted by Gasteiger charge is 2.74. The van der Waals surface area contributed by atoms with Gasteiger partial charge in [0.2, 0.25) is 5.91 Å². The van der Waals surface area contributed by atoms with E-state index in [9.17, 15) is 4.79 Å². The van der Waals surface area contributed by atoms with Gasteiger partial charge in [0.15, 0.2) is 0 Å². The van der Waals surface area contributed by atoms with Gasteiger partial charge in [-0.15, -0.1) is 11.8 Å². The maximum Gasteiger partial charge on any atom is 0.226 e. The van der Waals surface area contributed by atoms with Crippen molar-refractivity contribution >= 4 is 17.7 Å². The Hall–Kier alpha value is -1.00. The van der Waals surface area contributed by atoms with Gasteiger partial charge in [-0.3, -0.25) is 4.79 Å². The molecule has 3 nitrogen and oxygen atoms in total. The fraction of sp³-hybridized carbons (Fsp3) is 0.632. The molecule has 0 spiro atoms. The summed E-state index contributed by atoms with van der Waals surface area (Å²) in [6.45, 7) is 2.36. The fourth-order valence-corrected chi connectivity index (χ4v) is 6.43. The van der Waals surface area contributed by atoms with Crippen LogP contribution in [0.4, 0.5) is 0 Å². The number of carbonyl (C=O) groups excluding carboxylic acids is 1. The van der Waals surface area contributed by atoms with E-state index in [1.807, 2.05) is 11.8 Å². The lowest BCUT2D eigenvalue weighted by molar-refractivity contribution is -0.236. The number of carbonyl (C=O) groups is 1. The highest BCUT2D eigenvalue weighted by Crippen LogP contribution is 2.76. The zero-order valence-corrected chi connectivity index (χ0v) is 14.2. The average molecular weight is 328 g/mol. The Morgan fingerprint density at radius 3 is 2.43 bits per heavy atom. The Balaban J connectivity index is 1.08. The zero-order valence-electron chi connectivity index (χ0n) is 13.4. The van der Waals surface area contributed by atoms with Crippen molar-refractivity contribution in [2.75, 3.05) is 13.1 Å². The first-order valence-corrected chi connectivity index (χ1v) is 9.79. The highest BCUT2D eigenvalue weighted by molar-refractivity contribution is 8.00. The largest absolute Gasteiger partial charge is 0.353 e. The van der Waals surface area contributed by atoms with E-state index >= 15 is 0 Å². The number of nitrogens with one attached hydrogen (secondary N) is 2. The Labute approximate surface area is 142 Å². The summed E-state index contributed by atoms with van der Waals surface area (Å²) in [7, 11) is 0. The summed E-state index contributed by atoms with van der Waals surface area (Å²) in [5.74, 6) is 1.22. The van der Waals surface area contributed by atoms with Crippen LogP contribution in [-0.4, -0.2) is 30.3 Å². The molecule has 6 rings (SSSR count). The van der Waals surface area contributed by atoms with Crippen LogP contribution >= 0.6 is 11.8 Å². The van der Waals surface area contributed by atoms with Gasteiger partial charge in [-0.25, -0.2) is 0 Å². The first-order chi connectivity index (χ1) is 11.2. The molecule has 2 N–H and O–H groups in total. The van der Waals surface area contributed by atoms with Gasteiger partial charge < -0.3 is 10.6 Å². The van der Waals surface area contributed by atoms with Crippen LogP contribution in [0.25, 0.3) is 0 Å². The number of benzene rings is 1.